The van der Waals surface area contributed by atoms with E-state index in [4.69, 9.17) is 17.3 Å². The number of nitrogens with zero attached hydrogens (tertiary/aromatic N) is 2. The van der Waals surface area contributed by atoms with Crippen molar-refractivity contribution in [2.24, 2.45) is 12.8 Å². The van der Waals surface area contributed by atoms with Gasteiger partial charge in [0.15, 0.2) is 0 Å². The van der Waals surface area contributed by atoms with Gasteiger partial charge in [-0.3, -0.25) is 4.68 Å². The van der Waals surface area contributed by atoms with Gasteiger partial charge in [-0.1, -0.05) is 17.7 Å². The molecule has 0 aliphatic carbocycles. The van der Waals surface area contributed by atoms with Gasteiger partial charge < -0.3 is 5.73 Å². The number of benzene rings is 1. The van der Waals surface area contributed by atoms with E-state index >= 15 is 0 Å². The molecular formula is C12H14ClN3. The molecule has 0 radical (unpaired) electrons. The summed E-state index contributed by atoms with van der Waals surface area (Å²) in [5.41, 5.74) is 9.36. The first-order valence-electron chi connectivity index (χ1n) is 5.08. The first kappa shape index (κ1) is 11.2. The second-order valence-electron chi connectivity index (χ2n) is 3.93. The maximum Gasteiger partial charge on any atom is 0.0585 e. The molecule has 3 nitrogen and oxygen atoms in total. The maximum atomic E-state index is 6.19. The smallest absolute Gasteiger partial charge is 0.0585 e. The van der Waals surface area contributed by atoms with Gasteiger partial charge in [-0.25, -0.2) is 0 Å². The lowest BCUT2D eigenvalue weighted by atomic mass is 9.98. The summed E-state index contributed by atoms with van der Waals surface area (Å²) in [5, 5.41) is 4.83. The van der Waals surface area contributed by atoms with Crippen LogP contribution in [0.5, 0.6) is 0 Å². The van der Waals surface area contributed by atoms with E-state index in [2.05, 4.69) is 5.10 Å². The lowest BCUT2D eigenvalue weighted by molar-refractivity contribution is 0.765. The molecule has 1 aromatic heterocycles. The molecule has 0 fully saturated rings. The number of aryl methyl sites for hydroxylation is 2. The van der Waals surface area contributed by atoms with Gasteiger partial charge in [0.2, 0.25) is 0 Å². The van der Waals surface area contributed by atoms with E-state index in [-0.39, 0.29) is 6.04 Å². The highest BCUT2D eigenvalue weighted by Gasteiger charge is 2.13. The van der Waals surface area contributed by atoms with Crippen LogP contribution in [0.2, 0.25) is 5.02 Å². The molecule has 1 aromatic carbocycles. The number of nitrogens with two attached hydrogens (primary N) is 1. The van der Waals surface area contributed by atoms with Gasteiger partial charge in [0, 0.05) is 23.8 Å². The summed E-state index contributed by atoms with van der Waals surface area (Å²) >= 11 is 5.98. The van der Waals surface area contributed by atoms with Crippen molar-refractivity contribution >= 4 is 11.6 Å². The molecule has 4 heteroatoms. The summed E-state index contributed by atoms with van der Waals surface area (Å²) in [6, 6.07) is 5.59. The average molecular weight is 236 g/mol. The van der Waals surface area contributed by atoms with Crippen LogP contribution in [-0.4, -0.2) is 9.78 Å². The standard InChI is InChI=1S/C12H14ClN3/c1-8-3-4-10(13)5-11(8)12(14)9-6-15-16(2)7-9/h3-7,12H,14H2,1-2H3. The van der Waals surface area contributed by atoms with Crippen LogP contribution in [0.1, 0.15) is 22.7 Å². The maximum absolute atomic E-state index is 6.19. The largest absolute Gasteiger partial charge is 0.320 e. The van der Waals surface area contributed by atoms with Crippen molar-refractivity contribution in [1.29, 1.82) is 0 Å². The lowest BCUT2D eigenvalue weighted by Crippen LogP contribution is -2.12. The van der Waals surface area contributed by atoms with Crippen molar-refractivity contribution in [3.05, 3.63) is 52.3 Å². The molecule has 0 amide bonds. The molecule has 0 spiro atoms. The fourth-order valence-corrected chi connectivity index (χ4v) is 1.91. The molecule has 0 aliphatic heterocycles. The number of rotatable bonds is 2. The predicted molar refractivity (Wildman–Crippen MR) is 65.4 cm³/mol. The minimum Gasteiger partial charge on any atom is -0.320 e. The van der Waals surface area contributed by atoms with Crippen LogP contribution >= 0.6 is 11.6 Å². The van der Waals surface area contributed by atoms with Crippen LogP contribution in [-0.2, 0) is 7.05 Å². The van der Waals surface area contributed by atoms with Crippen LogP contribution in [0, 0.1) is 6.92 Å². The van der Waals surface area contributed by atoms with Crippen molar-refractivity contribution < 1.29 is 0 Å². The molecule has 16 heavy (non-hydrogen) atoms. The van der Waals surface area contributed by atoms with E-state index in [0.717, 1.165) is 16.7 Å². The minimum atomic E-state index is -0.174. The fourth-order valence-electron chi connectivity index (χ4n) is 1.73. The van der Waals surface area contributed by atoms with Crippen molar-refractivity contribution in [2.45, 2.75) is 13.0 Å². The molecule has 1 heterocycles. The van der Waals surface area contributed by atoms with Crippen molar-refractivity contribution in [2.75, 3.05) is 0 Å². The van der Waals surface area contributed by atoms with E-state index in [9.17, 15) is 0 Å². The van der Waals surface area contributed by atoms with Crippen LogP contribution in [0.4, 0.5) is 0 Å². The van der Waals surface area contributed by atoms with E-state index in [1.54, 1.807) is 10.9 Å². The number of hydrogen-bond donors (Lipinski definition) is 1. The van der Waals surface area contributed by atoms with E-state index < -0.39 is 0 Å². The Balaban J connectivity index is 2.40. The van der Waals surface area contributed by atoms with Gasteiger partial charge in [-0.05, 0) is 30.2 Å². The van der Waals surface area contributed by atoms with E-state index in [0.29, 0.717) is 5.02 Å². The Morgan fingerprint density at radius 1 is 1.44 bits per heavy atom. The molecule has 0 bridgehead atoms. The summed E-state index contributed by atoms with van der Waals surface area (Å²) in [5.74, 6) is 0. The van der Waals surface area contributed by atoms with Crippen molar-refractivity contribution in [1.82, 2.24) is 9.78 Å². The normalized spacial score (nSPS) is 12.8. The Hall–Kier alpha value is -1.32. The zero-order valence-electron chi connectivity index (χ0n) is 9.31. The van der Waals surface area contributed by atoms with Gasteiger partial charge >= 0.3 is 0 Å². The van der Waals surface area contributed by atoms with Crippen molar-refractivity contribution in [3.63, 3.8) is 0 Å². The summed E-state index contributed by atoms with van der Waals surface area (Å²) in [6.07, 6.45) is 3.70. The monoisotopic (exact) mass is 235 g/mol. The molecule has 1 atom stereocenters. The SMILES string of the molecule is Cc1ccc(Cl)cc1C(N)c1cnn(C)c1. The van der Waals surface area contributed by atoms with Gasteiger partial charge in [-0.2, -0.15) is 5.10 Å². The molecule has 2 aromatic rings. The summed E-state index contributed by atoms with van der Waals surface area (Å²) < 4.78 is 1.75. The summed E-state index contributed by atoms with van der Waals surface area (Å²) in [4.78, 5) is 0. The van der Waals surface area contributed by atoms with Gasteiger partial charge in [0.25, 0.3) is 0 Å². The Labute approximate surface area is 99.8 Å². The first-order valence-corrected chi connectivity index (χ1v) is 5.46. The van der Waals surface area contributed by atoms with Gasteiger partial charge in [0.1, 0.15) is 0 Å². The first-order chi connectivity index (χ1) is 7.58. The molecule has 0 aliphatic rings. The highest BCUT2D eigenvalue weighted by atomic mass is 35.5. The van der Waals surface area contributed by atoms with Crippen LogP contribution in [0.25, 0.3) is 0 Å². The minimum absolute atomic E-state index is 0.174. The zero-order valence-corrected chi connectivity index (χ0v) is 10.1. The molecule has 0 saturated heterocycles. The van der Waals surface area contributed by atoms with Crippen molar-refractivity contribution in [3.8, 4) is 0 Å². The Bertz CT molecular complexity index is 505. The van der Waals surface area contributed by atoms with E-state index in [1.165, 1.54) is 0 Å². The quantitative estimate of drug-likeness (QED) is 0.869. The number of aromatic nitrogens is 2. The number of hydrogen-bond acceptors (Lipinski definition) is 2. The molecule has 84 valence electrons. The van der Waals surface area contributed by atoms with Gasteiger partial charge in [-0.15, -0.1) is 0 Å². The highest BCUT2D eigenvalue weighted by Crippen LogP contribution is 2.25. The molecule has 0 saturated carbocycles. The Kier molecular flexibility index (Phi) is 2.99. The molecule has 2 rings (SSSR count). The lowest BCUT2D eigenvalue weighted by Gasteiger charge is -2.13. The highest BCUT2D eigenvalue weighted by molar-refractivity contribution is 6.30. The fraction of sp³-hybridized carbons (Fsp3) is 0.250. The Morgan fingerprint density at radius 3 is 2.81 bits per heavy atom. The zero-order chi connectivity index (χ0) is 11.7. The second kappa shape index (κ2) is 4.28. The second-order valence-corrected chi connectivity index (χ2v) is 4.36. The average Bonchev–Trinajstić information content (AvgIpc) is 2.67. The third-order valence-electron chi connectivity index (χ3n) is 2.66. The van der Waals surface area contributed by atoms with Gasteiger partial charge in [0.05, 0.1) is 12.2 Å². The topological polar surface area (TPSA) is 43.8 Å². The summed E-state index contributed by atoms with van der Waals surface area (Å²) in [7, 11) is 1.88. The Morgan fingerprint density at radius 2 is 2.19 bits per heavy atom. The molecular weight excluding hydrogens is 222 g/mol. The predicted octanol–water partition coefficient (Wildman–Crippen LogP) is 2.43. The third-order valence-corrected chi connectivity index (χ3v) is 2.90. The van der Waals surface area contributed by atoms with Crippen LogP contribution in [0.15, 0.2) is 30.6 Å². The van der Waals surface area contributed by atoms with Crippen LogP contribution < -0.4 is 5.73 Å². The number of halogens is 1. The van der Waals surface area contributed by atoms with E-state index in [1.807, 2.05) is 38.4 Å². The summed E-state index contributed by atoms with van der Waals surface area (Å²) in [6.45, 7) is 2.03. The third kappa shape index (κ3) is 2.10. The molecule has 1 unspecified atom stereocenters. The molecule has 2 N–H and O–H groups in total. The van der Waals surface area contributed by atoms with Crippen LogP contribution in [0.3, 0.4) is 0 Å².